The summed E-state index contributed by atoms with van der Waals surface area (Å²) in [6.07, 6.45) is 3.62. The van der Waals surface area contributed by atoms with Crippen LogP contribution >= 0.6 is 23.1 Å². The maximum atomic E-state index is 11.9. The second-order valence-corrected chi connectivity index (χ2v) is 6.45. The van der Waals surface area contributed by atoms with Gasteiger partial charge >= 0.3 is 0 Å². The number of hydrogen-bond acceptors (Lipinski definition) is 3. The van der Waals surface area contributed by atoms with Crippen LogP contribution in [-0.4, -0.2) is 23.0 Å². The molecule has 0 bridgehead atoms. The summed E-state index contributed by atoms with van der Waals surface area (Å²) >= 11 is 3.49. The van der Waals surface area contributed by atoms with Crippen LogP contribution in [0.2, 0.25) is 0 Å². The van der Waals surface area contributed by atoms with E-state index < -0.39 is 0 Å². The van der Waals surface area contributed by atoms with Gasteiger partial charge in [-0.2, -0.15) is 11.8 Å². The average Bonchev–Trinajstić information content (AvgIpc) is 2.90. The van der Waals surface area contributed by atoms with Gasteiger partial charge in [0.15, 0.2) is 0 Å². The SMILES string of the molecule is CCS[C@H]1CCC[C@H]1NC(=O)c1cccs1. The van der Waals surface area contributed by atoms with E-state index in [0.29, 0.717) is 11.3 Å². The van der Waals surface area contributed by atoms with E-state index >= 15 is 0 Å². The summed E-state index contributed by atoms with van der Waals surface area (Å²) in [6, 6.07) is 4.18. The van der Waals surface area contributed by atoms with Crippen molar-refractivity contribution in [3.8, 4) is 0 Å². The van der Waals surface area contributed by atoms with Crippen LogP contribution in [0.3, 0.4) is 0 Å². The molecule has 88 valence electrons. The molecule has 0 saturated heterocycles. The first kappa shape index (κ1) is 12.0. The Labute approximate surface area is 105 Å². The standard InChI is InChI=1S/C12H17NOS2/c1-2-15-10-6-3-5-9(10)13-12(14)11-7-4-8-16-11/h4,7-10H,2-3,5-6H2,1H3,(H,13,14)/t9-,10+/m1/s1. The Morgan fingerprint density at radius 3 is 3.19 bits per heavy atom. The molecule has 2 atom stereocenters. The largest absolute Gasteiger partial charge is 0.347 e. The third kappa shape index (κ3) is 2.80. The van der Waals surface area contributed by atoms with Crippen LogP contribution in [-0.2, 0) is 0 Å². The molecule has 1 N–H and O–H groups in total. The van der Waals surface area contributed by atoms with E-state index in [1.54, 1.807) is 0 Å². The van der Waals surface area contributed by atoms with Gasteiger partial charge in [0.25, 0.3) is 5.91 Å². The van der Waals surface area contributed by atoms with Crippen LogP contribution in [0.1, 0.15) is 35.9 Å². The van der Waals surface area contributed by atoms with Gasteiger partial charge in [0, 0.05) is 11.3 Å². The van der Waals surface area contributed by atoms with Crippen molar-refractivity contribution in [3.05, 3.63) is 22.4 Å². The fraction of sp³-hybridized carbons (Fsp3) is 0.583. The van der Waals surface area contributed by atoms with Gasteiger partial charge in [-0.15, -0.1) is 11.3 Å². The summed E-state index contributed by atoms with van der Waals surface area (Å²) in [6.45, 7) is 2.18. The highest BCUT2D eigenvalue weighted by atomic mass is 32.2. The van der Waals surface area contributed by atoms with E-state index in [1.165, 1.54) is 24.2 Å². The van der Waals surface area contributed by atoms with Crippen molar-refractivity contribution in [1.82, 2.24) is 5.32 Å². The van der Waals surface area contributed by atoms with Gasteiger partial charge in [0.1, 0.15) is 0 Å². The average molecular weight is 255 g/mol. The molecule has 1 heterocycles. The molecule has 1 aliphatic carbocycles. The Balaban J connectivity index is 1.91. The van der Waals surface area contributed by atoms with Gasteiger partial charge in [-0.05, 0) is 30.0 Å². The summed E-state index contributed by atoms with van der Waals surface area (Å²) in [7, 11) is 0. The molecule has 4 heteroatoms. The Kier molecular flexibility index (Phi) is 4.29. The first-order valence-electron chi connectivity index (χ1n) is 5.77. The van der Waals surface area contributed by atoms with Crippen molar-refractivity contribution >= 4 is 29.0 Å². The van der Waals surface area contributed by atoms with Gasteiger partial charge in [-0.3, -0.25) is 4.79 Å². The number of nitrogens with one attached hydrogen (secondary N) is 1. The molecule has 16 heavy (non-hydrogen) atoms. The Hall–Kier alpha value is -0.480. The van der Waals surface area contributed by atoms with Crippen molar-refractivity contribution in [1.29, 1.82) is 0 Å². The van der Waals surface area contributed by atoms with Crippen molar-refractivity contribution in [2.45, 2.75) is 37.5 Å². The third-order valence-electron chi connectivity index (χ3n) is 2.89. The monoisotopic (exact) mass is 255 g/mol. The molecule has 0 aromatic carbocycles. The molecule has 0 aliphatic heterocycles. The van der Waals surface area contributed by atoms with Crippen LogP contribution in [0.15, 0.2) is 17.5 Å². The highest BCUT2D eigenvalue weighted by molar-refractivity contribution is 7.99. The first-order chi connectivity index (χ1) is 7.81. The van der Waals surface area contributed by atoms with E-state index in [4.69, 9.17) is 0 Å². The predicted octanol–water partition coefficient (Wildman–Crippen LogP) is 3.15. The summed E-state index contributed by atoms with van der Waals surface area (Å²) < 4.78 is 0. The molecular formula is C12H17NOS2. The second kappa shape index (κ2) is 5.73. The van der Waals surface area contributed by atoms with Crippen molar-refractivity contribution < 1.29 is 4.79 Å². The lowest BCUT2D eigenvalue weighted by Crippen LogP contribution is -2.38. The molecular weight excluding hydrogens is 238 g/mol. The highest BCUT2D eigenvalue weighted by Gasteiger charge is 2.28. The second-order valence-electron chi connectivity index (χ2n) is 3.98. The Morgan fingerprint density at radius 2 is 2.50 bits per heavy atom. The molecule has 1 saturated carbocycles. The Morgan fingerprint density at radius 1 is 1.62 bits per heavy atom. The maximum absolute atomic E-state index is 11.9. The first-order valence-corrected chi connectivity index (χ1v) is 7.70. The summed E-state index contributed by atoms with van der Waals surface area (Å²) in [4.78, 5) is 12.7. The van der Waals surface area contributed by atoms with Gasteiger partial charge in [0.05, 0.1) is 4.88 Å². The fourth-order valence-corrected chi connectivity index (χ4v) is 3.98. The van der Waals surface area contributed by atoms with Gasteiger partial charge < -0.3 is 5.32 Å². The molecule has 1 aromatic heterocycles. The van der Waals surface area contributed by atoms with E-state index in [0.717, 1.165) is 17.1 Å². The van der Waals surface area contributed by atoms with Gasteiger partial charge in [0.2, 0.25) is 0 Å². The molecule has 1 aromatic rings. The molecule has 1 aliphatic rings. The van der Waals surface area contributed by atoms with Crippen LogP contribution in [0, 0.1) is 0 Å². The number of hydrogen-bond donors (Lipinski definition) is 1. The van der Waals surface area contributed by atoms with E-state index in [1.807, 2.05) is 29.3 Å². The lowest BCUT2D eigenvalue weighted by Gasteiger charge is -2.19. The minimum Gasteiger partial charge on any atom is -0.347 e. The minimum atomic E-state index is 0.101. The van der Waals surface area contributed by atoms with Crippen LogP contribution < -0.4 is 5.32 Å². The zero-order valence-electron chi connectivity index (χ0n) is 9.44. The maximum Gasteiger partial charge on any atom is 0.261 e. The Bertz CT molecular complexity index is 337. The topological polar surface area (TPSA) is 29.1 Å². The van der Waals surface area contributed by atoms with E-state index in [-0.39, 0.29) is 5.91 Å². The zero-order chi connectivity index (χ0) is 11.4. The number of thiophene rings is 1. The smallest absolute Gasteiger partial charge is 0.261 e. The summed E-state index contributed by atoms with van der Waals surface area (Å²) in [5.41, 5.74) is 0. The third-order valence-corrected chi connectivity index (χ3v) is 5.09. The zero-order valence-corrected chi connectivity index (χ0v) is 11.1. The molecule has 0 unspecified atom stereocenters. The molecule has 1 fully saturated rings. The molecule has 2 nitrogen and oxygen atoms in total. The van der Waals surface area contributed by atoms with Crippen LogP contribution in [0.5, 0.6) is 0 Å². The van der Waals surface area contributed by atoms with Gasteiger partial charge in [-0.25, -0.2) is 0 Å². The fourth-order valence-electron chi connectivity index (χ4n) is 2.15. The van der Waals surface area contributed by atoms with Gasteiger partial charge in [-0.1, -0.05) is 19.4 Å². The highest BCUT2D eigenvalue weighted by Crippen LogP contribution is 2.30. The van der Waals surface area contributed by atoms with Crippen molar-refractivity contribution in [2.75, 3.05) is 5.75 Å². The molecule has 1 amide bonds. The number of carbonyl (C=O) groups is 1. The summed E-state index contributed by atoms with van der Waals surface area (Å²) in [5, 5.41) is 5.73. The van der Waals surface area contributed by atoms with Crippen molar-refractivity contribution in [2.24, 2.45) is 0 Å². The van der Waals surface area contributed by atoms with E-state index in [2.05, 4.69) is 12.2 Å². The van der Waals surface area contributed by atoms with Crippen molar-refractivity contribution in [3.63, 3.8) is 0 Å². The number of amides is 1. The molecule has 0 spiro atoms. The van der Waals surface area contributed by atoms with Crippen LogP contribution in [0.4, 0.5) is 0 Å². The predicted molar refractivity (Wildman–Crippen MR) is 71.3 cm³/mol. The molecule has 2 rings (SSSR count). The van der Waals surface area contributed by atoms with E-state index in [9.17, 15) is 4.79 Å². The number of rotatable bonds is 4. The quantitative estimate of drug-likeness (QED) is 0.895. The number of carbonyl (C=O) groups excluding carboxylic acids is 1. The lowest BCUT2D eigenvalue weighted by atomic mass is 10.2. The molecule has 0 radical (unpaired) electrons. The summed E-state index contributed by atoms with van der Waals surface area (Å²) in [5.74, 6) is 1.24. The minimum absolute atomic E-state index is 0.101. The lowest BCUT2D eigenvalue weighted by molar-refractivity contribution is 0.0943. The van der Waals surface area contributed by atoms with Crippen LogP contribution in [0.25, 0.3) is 0 Å². The normalized spacial score (nSPS) is 24.6. The number of thioether (sulfide) groups is 1.